The van der Waals surface area contributed by atoms with E-state index in [9.17, 15) is 33.6 Å². The van der Waals surface area contributed by atoms with Gasteiger partial charge in [-0.3, -0.25) is 24.1 Å². The zero-order valence-electron chi connectivity index (χ0n) is 37.9. The van der Waals surface area contributed by atoms with Crippen LogP contribution < -0.4 is 5.32 Å². The first kappa shape index (κ1) is 56.1. The third-order valence-electron chi connectivity index (χ3n) is 9.78. The van der Waals surface area contributed by atoms with E-state index in [0.29, 0.717) is 51.6 Å². The van der Waals surface area contributed by atoms with Crippen LogP contribution >= 0.6 is 0 Å². The normalized spacial score (nSPS) is 10.9. The molecule has 0 aromatic rings. The fourth-order valence-corrected chi connectivity index (χ4v) is 6.41. The number of rotatable bonds is 34. The minimum Gasteiger partial charge on any atom is -0.338 e. The third kappa shape index (κ3) is 35.9. The van der Waals surface area contributed by atoms with E-state index in [2.05, 4.69) is 10.2 Å². The molecular weight excluding hydrogens is 723 g/mol. The van der Waals surface area contributed by atoms with E-state index in [1.165, 1.54) is 24.2 Å². The zero-order chi connectivity index (χ0) is 43.3. The van der Waals surface area contributed by atoms with Crippen molar-refractivity contribution >= 4 is 41.2 Å². The SMILES string of the molecule is CCN(C(=O)CCCCCCCCCCC(C)=O)C(=O)CCCCN(C)C.CCNC(=O)N(C(=O)CCCCCCCCCCC(C)=O)C(=O)CCCCN(C)C. The Morgan fingerprint density at radius 3 is 0.947 bits per heavy atom. The van der Waals surface area contributed by atoms with Crippen molar-refractivity contribution in [3.63, 3.8) is 0 Å². The number of imide groups is 4. The van der Waals surface area contributed by atoms with Gasteiger partial charge >= 0.3 is 6.03 Å². The number of ketones is 2. The van der Waals surface area contributed by atoms with Crippen molar-refractivity contribution in [2.75, 3.05) is 54.4 Å². The lowest BCUT2D eigenvalue weighted by Crippen LogP contribution is -2.47. The molecule has 0 heterocycles. The van der Waals surface area contributed by atoms with Crippen molar-refractivity contribution < 1.29 is 33.6 Å². The molecule has 0 radical (unpaired) electrons. The van der Waals surface area contributed by atoms with Crippen molar-refractivity contribution in [2.24, 2.45) is 0 Å². The molecule has 332 valence electrons. The van der Waals surface area contributed by atoms with Crippen LogP contribution in [0, 0.1) is 0 Å². The monoisotopic (exact) mass is 808 g/mol. The second-order valence-corrected chi connectivity index (χ2v) is 16.1. The predicted molar refractivity (Wildman–Crippen MR) is 232 cm³/mol. The number of nitrogens with zero attached hydrogens (tertiary/aromatic N) is 4. The van der Waals surface area contributed by atoms with Gasteiger partial charge in [-0.15, -0.1) is 0 Å². The molecule has 0 spiro atoms. The first-order chi connectivity index (χ1) is 27.2. The molecule has 0 unspecified atom stereocenters. The fourth-order valence-electron chi connectivity index (χ4n) is 6.41. The Morgan fingerprint density at radius 2 is 0.667 bits per heavy atom. The molecule has 0 atom stereocenters. The van der Waals surface area contributed by atoms with Gasteiger partial charge in [-0.25, -0.2) is 9.69 Å². The summed E-state index contributed by atoms with van der Waals surface area (Å²) in [7, 11) is 8.00. The van der Waals surface area contributed by atoms with Gasteiger partial charge in [0.25, 0.3) is 0 Å². The Kier molecular flexibility index (Phi) is 37.9. The highest BCUT2D eigenvalue weighted by molar-refractivity contribution is 6.10. The van der Waals surface area contributed by atoms with E-state index in [0.717, 1.165) is 114 Å². The summed E-state index contributed by atoms with van der Waals surface area (Å²) in [6.07, 6.45) is 23.0. The standard InChI is InChI=1S/C23H43N3O4.C22H42N2O3/c1-5-24-23(30)26(22(29)18-14-15-19-25(3)4)21(28)17-13-11-9-7-6-8-10-12-16-20(2)27;1-5-24(22(27)18-14-15-19-23(3)4)21(26)17-13-11-9-7-6-8-10-12-16-20(2)25/h5-19H2,1-4H3,(H,24,30);5-19H2,1-4H3. The van der Waals surface area contributed by atoms with E-state index < -0.39 is 17.8 Å². The number of hydrogen-bond acceptors (Lipinski definition) is 9. The Labute approximate surface area is 348 Å². The number of carbonyl (C=O) groups is 7. The van der Waals surface area contributed by atoms with Crippen molar-refractivity contribution in [2.45, 2.75) is 195 Å². The highest BCUT2D eigenvalue weighted by Crippen LogP contribution is 2.14. The number of unbranched alkanes of at least 4 members (excludes halogenated alkanes) is 16. The topological polar surface area (TPSA) is 144 Å². The lowest BCUT2D eigenvalue weighted by atomic mass is 10.1. The fraction of sp³-hybridized carbons (Fsp3) is 0.844. The zero-order valence-corrected chi connectivity index (χ0v) is 37.9. The Bertz CT molecular complexity index is 1110. The summed E-state index contributed by atoms with van der Waals surface area (Å²) in [5.74, 6) is -0.301. The molecule has 0 aliphatic carbocycles. The van der Waals surface area contributed by atoms with Gasteiger partial charge in [-0.2, -0.15) is 0 Å². The Balaban J connectivity index is 0. The summed E-state index contributed by atoms with van der Waals surface area (Å²) < 4.78 is 0. The van der Waals surface area contributed by atoms with Crippen LogP contribution in [0.3, 0.4) is 0 Å². The lowest BCUT2D eigenvalue weighted by molar-refractivity contribution is -0.145. The maximum Gasteiger partial charge on any atom is 0.331 e. The van der Waals surface area contributed by atoms with Crippen LogP contribution in [0.25, 0.3) is 0 Å². The minimum absolute atomic E-state index is 0.0145. The van der Waals surface area contributed by atoms with Crippen LogP contribution in [0.4, 0.5) is 4.79 Å². The van der Waals surface area contributed by atoms with E-state index in [1.54, 1.807) is 20.8 Å². The first-order valence-corrected chi connectivity index (χ1v) is 22.4. The number of Topliss-reactive ketones (excluding diaryl/α,β-unsaturated/α-hetero) is 2. The second kappa shape index (κ2) is 38.5. The first-order valence-electron chi connectivity index (χ1n) is 22.4. The molecule has 57 heavy (non-hydrogen) atoms. The van der Waals surface area contributed by atoms with Crippen LogP contribution in [-0.2, 0) is 28.8 Å². The molecule has 12 heteroatoms. The van der Waals surface area contributed by atoms with Crippen molar-refractivity contribution in [3.8, 4) is 0 Å². The van der Waals surface area contributed by atoms with Crippen LogP contribution in [0.15, 0.2) is 0 Å². The largest absolute Gasteiger partial charge is 0.338 e. The number of carbonyl (C=O) groups excluding carboxylic acids is 7. The molecule has 12 nitrogen and oxygen atoms in total. The molecular formula is C45H85N5O7. The molecule has 0 saturated heterocycles. The van der Waals surface area contributed by atoms with Gasteiger partial charge in [-0.1, -0.05) is 77.0 Å². The number of nitrogens with one attached hydrogen (secondary N) is 1. The molecule has 6 amide bonds. The third-order valence-corrected chi connectivity index (χ3v) is 9.78. The van der Waals surface area contributed by atoms with Gasteiger partial charge in [0.15, 0.2) is 0 Å². The molecule has 0 aromatic carbocycles. The summed E-state index contributed by atoms with van der Waals surface area (Å²) in [6.45, 7) is 9.63. The molecule has 0 bridgehead atoms. The molecule has 0 fully saturated rings. The van der Waals surface area contributed by atoms with E-state index in [4.69, 9.17) is 0 Å². The molecule has 0 rings (SSSR count). The number of amides is 6. The average Bonchev–Trinajstić information content (AvgIpc) is 3.13. The van der Waals surface area contributed by atoms with E-state index in [-0.39, 0.29) is 36.2 Å². The highest BCUT2D eigenvalue weighted by Gasteiger charge is 2.27. The van der Waals surface area contributed by atoms with Gasteiger partial charge in [-0.05, 0) is 120 Å². The van der Waals surface area contributed by atoms with Crippen LogP contribution in [0.1, 0.15) is 195 Å². The van der Waals surface area contributed by atoms with Crippen LogP contribution in [-0.4, -0.2) is 115 Å². The molecule has 1 N–H and O–H groups in total. The van der Waals surface area contributed by atoms with Crippen molar-refractivity contribution in [3.05, 3.63) is 0 Å². The summed E-state index contributed by atoms with van der Waals surface area (Å²) in [5.41, 5.74) is 0. The second-order valence-electron chi connectivity index (χ2n) is 16.1. The van der Waals surface area contributed by atoms with E-state index in [1.807, 2.05) is 40.0 Å². The lowest BCUT2D eigenvalue weighted by Gasteiger charge is -2.19. The average molecular weight is 808 g/mol. The number of hydrogen-bond donors (Lipinski definition) is 1. The van der Waals surface area contributed by atoms with Gasteiger partial charge in [0, 0.05) is 51.6 Å². The van der Waals surface area contributed by atoms with Gasteiger partial charge in [0.1, 0.15) is 11.6 Å². The maximum atomic E-state index is 12.5. The van der Waals surface area contributed by atoms with Crippen molar-refractivity contribution in [1.82, 2.24) is 24.9 Å². The number of urea groups is 1. The molecule has 0 aliphatic rings. The summed E-state index contributed by atoms with van der Waals surface area (Å²) >= 11 is 0. The van der Waals surface area contributed by atoms with Crippen molar-refractivity contribution in [1.29, 1.82) is 0 Å². The van der Waals surface area contributed by atoms with E-state index >= 15 is 0 Å². The van der Waals surface area contributed by atoms with Crippen LogP contribution in [0.5, 0.6) is 0 Å². The minimum atomic E-state index is -0.606. The summed E-state index contributed by atoms with van der Waals surface area (Å²) in [4.78, 5) is 89.8. The smallest absolute Gasteiger partial charge is 0.331 e. The molecule has 0 saturated carbocycles. The molecule has 0 aromatic heterocycles. The quantitative estimate of drug-likeness (QED) is 0.0631. The maximum absolute atomic E-state index is 12.5. The predicted octanol–water partition coefficient (Wildman–Crippen LogP) is 8.88. The van der Waals surface area contributed by atoms with Gasteiger partial charge in [0.2, 0.25) is 23.6 Å². The molecule has 0 aliphatic heterocycles. The Morgan fingerprint density at radius 1 is 0.386 bits per heavy atom. The van der Waals surface area contributed by atoms with Gasteiger partial charge < -0.3 is 24.7 Å². The Hall–Kier alpha value is -2.99. The summed E-state index contributed by atoms with van der Waals surface area (Å²) in [6, 6.07) is -0.606. The van der Waals surface area contributed by atoms with Gasteiger partial charge in [0.05, 0.1) is 0 Å². The summed E-state index contributed by atoms with van der Waals surface area (Å²) in [5, 5.41) is 2.57. The highest BCUT2D eigenvalue weighted by atomic mass is 16.2. The van der Waals surface area contributed by atoms with Crippen LogP contribution in [0.2, 0.25) is 0 Å².